The van der Waals surface area contributed by atoms with Gasteiger partial charge in [-0.05, 0) is 11.5 Å². The molecule has 0 aromatic heterocycles. The number of para-hydroxylation sites is 1. The molecule has 0 fully saturated rings. The van der Waals surface area contributed by atoms with Crippen molar-refractivity contribution in [2.75, 3.05) is 0 Å². The Labute approximate surface area is 100 Å². The molecule has 17 heavy (non-hydrogen) atoms. The van der Waals surface area contributed by atoms with Gasteiger partial charge in [-0.15, -0.1) is 0 Å². The van der Waals surface area contributed by atoms with Gasteiger partial charge in [0.15, 0.2) is 0 Å². The first-order valence-corrected chi connectivity index (χ1v) is 5.32. The lowest BCUT2D eigenvalue weighted by molar-refractivity contribution is -0.145. The first-order chi connectivity index (χ1) is 7.80. The van der Waals surface area contributed by atoms with E-state index < -0.39 is 18.4 Å². The number of benzene rings is 1. The van der Waals surface area contributed by atoms with E-state index in [1.807, 2.05) is 32.9 Å². The van der Waals surface area contributed by atoms with Gasteiger partial charge in [0, 0.05) is 5.56 Å². The van der Waals surface area contributed by atoms with Crippen molar-refractivity contribution in [3.63, 3.8) is 0 Å². The maximum absolute atomic E-state index is 11.3. The smallest absolute Gasteiger partial charge is 0.322 e. The molecule has 0 radical (unpaired) electrons. The van der Waals surface area contributed by atoms with Crippen LogP contribution >= 0.6 is 0 Å². The molecule has 1 N–H and O–H groups in total. The van der Waals surface area contributed by atoms with E-state index in [9.17, 15) is 9.59 Å². The molecule has 0 saturated heterocycles. The molecule has 0 atom stereocenters. The third kappa shape index (κ3) is 3.90. The number of ether oxygens (including phenoxy) is 1. The zero-order chi connectivity index (χ0) is 13.1. The first kappa shape index (κ1) is 13.2. The zero-order valence-corrected chi connectivity index (χ0v) is 10.2. The molecule has 0 spiro atoms. The van der Waals surface area contributed by atoms with E-state index in [0.29, 0.717) is 5.75 Å². The molecule has 0 bridgehead atoms. The van der Waals surface area contributed by atoms with E-state index in [-0.39, 0.29) is 5.41 Å². The lowest BCUT2D eigenvalue weighted by Crippen LogP contribution is -2.18. The maximum Gasteiger partial charge on any atom is 0.322 e. The Morgan fingerprint density at radius 3 is 2.35 bits per heavy atom. The topological polar surface area (TPSA) is 63.6 Å². The summed E-state index contributed by atoms with van der Waals surface area (Å²) in [7, 11) is 0. The summed E-state index contributed by atoms with van der Waals surface area (Å²) in [5.74, 6) is -1.52. The molecule has 4 heteroatoms. The largest absolute Gasteiger partial charge is 0.481 e. The van der Waals surface area contributed by atoms with Crippen LogP contribution in [-0.4, -0.2) is 17.0 Å². The van der Waals surface area contributed by atoms with Gasteiger partial charge in [-0.25, -0.2) is 0 Å². The van der Waals surface area contributed by atoms with Gasteiger partial charge in [0.05, 0.1) is 0 Å². The Hall–Kier alpha value is -1.84. The number of carbonyl (C=O) groups is 2. The molecular weight excluding hydrogens is 220 g/mol. The highest BCUT2D eigenvalue weighted by molar-refractivity contribution is 5.91. The Balaban J connectivity index is 2.92. The number of esters is 1. The lowest BCUT2D eigenvalue weighted by Gasteiger charge is -2.21. The van der Waals surface area contributed by atoms with Gasteiger partial charge in [-0.1, -0.05) is 39.0 Å². The van der Waals surface area contributed by atoms with Crippen LogP contribution in [0.25, 0.3) is 0 Å². The summed E-state index contributed by atoms with van der Waals surface area (Å²) in [5.41, 5.74) is 0.707. The molecule has 0 unspecified atom stereocenters. The third-order valence-electron chi connectivity index (χ3n) is 2.21. The van der Waals surface area contributed by atoms with Gasteiger partial charge in [-0.3, -0.25) is 9.59 Å². The van der Waals surface area contributed by atoms with E-state index in [0.717, 1.165) is 5.56 Å². The first-order valence-electron chi connectivity index (χ1n) is 5.32. The summed E-state index contributed by atoms with van der Waals surface area (Å²) >= 11 is 0. The summed E-state index contributed by atoms with van der Waals surface area (Å²) in [4.78, 5) is 21.7. The van der Waals surface area contributed by atoms with Gasteiger partial charge in [0.1, 0.15) is 12.2 Å². The number of hydrogen-bond donors (Lipinski definition) is 1. The fourth-order valence-corrected chi connectivity index (χ4v) is 1.46. The molecule has 0 saturated carbocycles. The molecule has 4 nitrogen and oxygen atoms in total. The van der Waals surface area contributed by atoms with Crippen molar-refractivity contribution in [1.29, 1.82) is 0 Å². The van der Waals surface area contributed by atoms with Gasteiger partial charge in [-0.2, -0.15) is 0 Å². The third-order valence-corrected chi connectivity index (χ3v) is 2.21. The normalized spacial score (nSPS) is 11.0. The van der Waals surface area contributed by atoms with Crippen molar-refractivity contribution >= 4 is 11.9 Å². The van der Waals surface area contributed by atoms with Crippen LogP contribution in [0.3, 0.4) is 0 Å². The van der Waals surface area contributed by atoms with Crippen LogP contribution in [0.5, 0.6) is 5.75 Å². The second-order valence-electron chi connectivity index (χ2n) is 4.79. The van der Waals surface area contributed by atoms with Gasteiger partial charge < -0.3 is 9.84 Å². The summed E-state index contributed by atoms with van der Waals surface area (Å²) in [6.07, 6.45) is -0.627. The molecular formula is C13H16O4. The standard InChI is InChI=1S/C13H16O4/c1-13(2,3)9-6-4-5-7-10(9)17-12(16)8-11(14)15/h4-7H,8H2,1-3H3,(H,14,15). The number of carbonyl (C=O) groups excluding carboxylic acids is 1. The number of carboxylic acids is 1. The van der Waals surface area contributed by atoms with Crippen molar-refractivity contribution in [3.05, 3.63) is 29.8 Å². The molecule has 1 aromatic rings. The van der Waals surface area contributed by atoms with E-state index in [1.165, 1.54) is 0 Å². The minimum atomic E-state index is -1.19. The Morgan fingerprint density at radius 1 is 1.24 bits per heavy atom. The fourth-order valence-electron chi connectivity index (χ4n) is 1.46. The summed E-state index contributed by atoms with van der Waals surface area (Å²) < 4.78 is 5.06. The molecule has 0 heterocycles. The van der Waals surface area contributed by atoms with E-state index >= 15 is 0 Å². The van der Waals surface area contributed by atoms with E-state index in [2.05, 4.69) is 0 Å². The molecule has 92 valence electrons. The van der Waals surface area contributed by atoms with Crippen LogP contribution in [0.15, 0.2) is 24.3 Å². The van der Waals surface area contributed by atoms with Crippen LogP contribution in [-0.2, 0) is 15.0 Å². The second-order valence-corrected chi connectivity index (χ2v) is 4.79. The molecule has 1 rings (SSSR count). The Bertz CT molecular complexity index is 429. The van der Waals surface area contributed by atoms with E-state index in [4.69, 9.17) is 9.84 Å². The predicted octanol–water partition coefficient (Wildman–Crippen LogP) is 2.36. The van der Waals surface area contributed by atoms with Crippen molar-refractivity contribution in [2.24, 2.45) is 0 Å². The zero-order valence-electron chi connectivity index (χ0n) is 10.2. The summed E-state index contributed by atoms with van der Waals surface area (Å²) in [6, 6.07) is 7.14. The van der Waals surface area contributed by atoms with Crippen molar-refractivity contribution < 1.29 is 19.4 Å². The van der Waals surface area contributed by atoms with Crippen molar-refractivity contribution in [3.8, 4) is 5.75 Å². The second kappa shape index (κ2) is 4.99. The number of carboxylic acid groups (broad SMARTS) is 1. The average Bonchev–Trinajstić information content (AvgIpc) is 2.15. The molecule has 1 aromatic carbocycles. The molecule has 0 aliphatic carbocycles. The number of aliphatic carboxylic acids is 1. The molecule has 0 aliphatic rings. The van der Waals surface area contributed by atoms with Crippen molar-refractivity contribution in [1.82, 2.24) is 0 Å². The quantitative estimate of drug-likeness (QED) is 0.497. The van der Waals surface area contributed by atoms with Crippen molar-refractivity contribution in [2.45, 2.75) is 32.6 Å². The predicted molar refractivity (Wildman–Crippen MR) is 63.0 cm³/mol. The Kier molecular flexibility index (Phi) is 3.89. The Morgan fingerprint density at radius 2 is 1.82 bits per heavy atom. The van der Waals surface area contributed by atoms with Crippen LogP contribution < -0.4 is 4.74 Å². The lowest BCUT2D eigenvalue weighted by atomic mass is 9.86. The van der Waals surface area contributed by atoms with Crippen LogP contribution in [0.4, 0.5) is 0 Å². The van der Waals surface area contributed by atoms with Gasteiger partial charge >= 0.3 is 11.9 Å². The van der Waals surface area contributed by atoms with Crippen LogP contribution in [0.2, 0.25) is 0 Å². The van der Waals surface area contributed by atoms with E-state index in [1.54, 1.807) is 12.1 Å². The van der Waals surface area contributed by atoms with Gasteiger partial charge in [0.2, 0.25) is 0 Å². The molecule has 0 aliphatic heterocycles. The fraction of sp³-hybridized carbons (Fsp3) is 0.385. The monoisotopic (exact) mass is 236 g/mol. The van der Waals surface area contributed by atoms with Crippen LogP contribution in [0.1, 0.15) is 32.8 Å². The highest BCUT2D eigenvalue weighted by atomic mass is 16.5. The highest BCUT2D eigenvalue weighted by Gasteiger charge is 2.20. The summed E-state index contributed by atoms with van der Waals surface area (Å²) in [5, 5.41) is 8.49. The minimum Gasteiger partial charge on any atom is -0.481 e. The minimum absolute atomic E-state index is 0.167. The highest BCUT2D eigenvalue weighted by Crippen LogP contribution is 2.31. The van der Waals surface area contributed by atoms with Crippen LogP contribution in [0, 0.1) is 0 Å². The maximum atomic E-state index is 11.3. The number of rotatable bonds is 3. The average molecular weight is 236 g/mol. The molecule has 0 amide bonds. The number of hydrogen-bond acceptors (Lipinski definition) is 3. The van der Waals surface area contributed by atoms with Gasteiger partial charge in [0.25, 0.3) is 0 Å². The SMILES string of the molecule is CC(C)(C)c1ccccc1OC(=O)CC(=O)O. The summed E-state index contributed by atoms with van der Waals surface area (Å²) in [6.45, 7) is 5.99.